The Bertz CT molecular complexity index is 1100. The predicted molar refractivity (Wildman–Crippen MR) is 113 cm³/mol. The molecule has 3 aromatic rings. The number of aryl methyl sites for hydroxylation is 1. The molecule has 0 amide bonds. The number of nitrogens with two attached hydrogens (primary N) is 1. The maximum Gasteiger partial charge on any atom is 0.354 e. The molecule has 3 N–H and O–H groups in total. The van der Waals surface area contributed by atoms with Crippen LogP contribution in [0.25, 0.3) is 11.3 Å². The fourth-order valence-electron chi connectivity index (χ4n) is 3.48. The molecule has 31 heavy (non-hydrogen) atoms. The molecule has 0 unspecified atom stereocenters. The van der Waals surface area contributed by atoms with Gasteiger partial charge in [-0.3, -0.25) is 0 Å². The number of hydrogen-bond acceptors (Lipinski definition) is 9. The van der Waals surface area contributed by atoms with Crippen LogP contribution in [0.5, 0.6) is 5.75 Å². The monoisotopic (exact) mass is 444 g/mol. The highest BCUT2D eigenvalue weighted by molar-refractivity contribution is 6.28. The average Bonchev–Trinajstić information content (AvgIpc) is 3.19. The first-order valence-electron chi connectivity index (χ1n) is 9.67. The number of pyridine rings is 1. The largest absolute Gasteiger partial charge is 0.489 e. The van der Waals surface area contributed by atoms with E-state index in [0.29, 0.717) is 43.0 Å². The fraction of sp³-hybridized carbons (Fsp3) is 0.368. The number of hydrogen-bond donors (Lipinski definition) is 2. The van der Waals surface area contributed by atoms with Gasteiger partial charge >= 0.3 is 5.97 Å². The number of halogens is 1. The SMILES string of the molecule is Cn1nncc1-c1cnc(N)c(OCC2CCN(c3cc(C(=O)O)nc(Cl)n3)CC2)c1. The first kappa shape index (κ1) is 20.8. The topological polar surface area (TPSA) is 145 Å². The van der Waals surface area contributed by atoms with E-state index in [-0.39, 0.29) is 11.0 Å². The molecule has 4 rings (SSSR count). The van der Waals surface area contributed by atoms with Crippen molar-refractivity contribution in [1.29, 1.82) is 0 Å². The summed E-state index contributed by atoms with van der Waals surface area (Å²) in [5, 5.41) is 16.9. The van der Waals surface area contributed by atoms with Gasteiger partial charge in [0.2, 0.25) is 5.28 Å². The first-order valence-corrected chi connectivity index (χ1v) is 10.0. The van der Waals surface area contributed by atoms with Crippen molar-refractivity contribution in [3.8, 4) is 17.0 Å². The minimum Gasteiger partial charge on any atom is -0.489 e. The summed E-state index contributed by atoms with van der Waals surface area (Å²) in [5.74, 6) is 0.545. The van der Waals surface area contributed by atoms with Crippen molar-refractivity contribution in [3.05, 3.63) is 35.5 Å². The Labute approximate surface area is 182 Å². The van der Waals surface area contributed by atoms with E-state index in [0.717, 1.165) is 24.1 Å². The van der Waals surface area contributed by atoms with Crippen LogP contribution >= 0.6 is 11.6 Å². The number of ether oxygens (including phenoxy) is 1. The molecular weight excluding hydrogens is 424 g/mol. The predicted octanol–water partition coefficient (Wildman–Crippen LogP) is 1.90. The van der Waals surface area contributed by atoms with E-state index in [1.54, 1.807) is 24.1 Å². The second-order valence-corrected chi connectivity index (χ2v) is 7.62. The molecule has 1 fully saturated rings. The number of nitrogens with zero attached hydrogens (tertiary/aromatic N) is 7. The number of carboxylic acid groups (broad SMARTS) is 1. The van der Waals surface area contributed by atoms with Gasteiger partial charge in [-0.15, -0.1) is 5.10 Å². The van der Waals surface area contributed by atoms with Gasteiger partial charge in [0.05, 0.1) is 18.5 Å². The van der Waals surface area contributed by atoms with E-state index in [1.165, 1.54) is 6.07 Å². The van der Waals surface area contributed by atoms with Crippen LogP contribution in [-0.4, -0.2) is 60.7 Å². The molecule has 1 aliphatic rings. The van der Waals surface area contributed by atoms with Gasteiger partial charge in [-0.1, -0.05) is 5.21 Å². The molecule has 12 heteroatoms. The van der Waals surface area contributed by atoms with Crippen LogP contribution in [0.3, 0.4) is 0 Å². The highest BCUT2D eigenvalue weighted by Crippen LogP contribution is 2.28. The summed E-state index contributed by atoms with van der Waals surface area (Å²) in [6.45, 7) is 1.90. The van der Waals surface area contributed by atoms with E-state index in [1.807, 2.05) is 11.0 Å². The molecule has 162 valence electrons. The van der Waals surface area contributed by atoms with E-state index in [2.05, 4.69) is 25.3 Å². The Morgan fingerprint density at radius 1 is 1.29 bits per heavy atom. The maximum atomic E-state index is 11.2. The Hall–Kier alpha value is -3.47. The number of anilines is 2. The van der Waals surface area contributed by atoms with Crippen LogP contribution in [0.2, 0.25) is 5.28 Å². The van der Waals surface area contributed by atoms with E-state index in [4.69, 9.17) is 27.2 Å². The normalized spacial score (nSPS) is 14.6. The van der Waals surface area contributed by atoms with Crippen LogP contribution in [0.1, 0.15) is 23.3 Å². The molecule has 1 saturated heterocycles. The summed E-state index contributed by atoms with van der Waals surface area (Å²) >= 11 is 5.87. The number of piperidine rings is 1. The molecular formula is C19H21ClN8O3. The van der Waals surface area contributed by atoms with Crippen molar-refractivity contribution in [2.75, 3.05) is 30.3 Å². The van der Waals surface area contributed by atoms with Gasteiger partial charge in [0.1, 0.15) is 5.82 Å². The van der Waals surface area contributed by atoms with Crippen molar-refractivity contribution in [2.24, 2.45) is 13.0 Å². The summed E-state index contributed by atoms with van der Waals surface area (Å²) in [7, 11) is 1.80. The average molecular weight is 445 g/mol. The molecule has 0 bridgehead atoms. The van der Waals surface area contributed by atoms with Crippen molar-refractivity contribution in [2.45, 2.75) is 12.8 Å². The molecule has 0 spiro atoms. The molecule has 1 aliphatic heterocycles. The van der Waals surface area contributed by atoms with Crippen LogP contribution in [0.4, 0.5) is 11.6 Å². The zero-order valence-electron chi connectivity index (χ0n) is 16.8. The van der Waals surface area contributed by atoms with Crippen molar-refractivity contribution >= 4 is 29.2 Å². The quantitative estimate of drug-likeness (QED) is 0.540. The Kier molecular flexibility index (Phi) is 5.85. The molecule has 0 atom stereocenters. The summed E-state index contributed by atoms with van der Waals surface area (Å²) in [5.41, 5.74) is 7.51. The number of carboxylic acids is 1. The van der Waals surface area contributed by atoms with Crippen molar-refractivity contribution in [1.82, 2.24) is 29.9 Å². The highest BCUT2D eigenvalue weighted by Gasteiger charge is 2.23. The first-order chi connectivity index (χ1) is 14.9. The summed E-state index contributed by atoms with van der Waals surface area (Å²) in [6, 6.07) is 3.28. The zero-order valence-corrected chi connectivity index (χ0v) is 17.5. The molecule has 3 aromatic heterocycles. The minimum atomic E-state index is -1.14. The van der Waals surface area contributed by atoms with Gasteiger partial charge in [0.15, 0.2) is 17.3 Å². The lowest BCUT2D eigenvalue weighted by Gasteiger charge is -2.32. The number of nitrogen functional groups attached to an aromatic ring is 1. The second kappa shape index (κ2) is 8.72. The lowest BCUT2D eigenvalue weighted by molar-refractivity contribution is 0.0690. The summed E-state index contributed by atoms with van der Waals surface area (Å²) < 4.78 is 7.64. The smallest absolute Gasteiger partial charge is 0.354 e. The maximum absolute atomic E-state index is 11.2. The van der Waals surface area contributed by atoms with E-state index >= 15 is 0 Å². The number of rotatable bonds is 6. The van der Waals surface area contributed by atoms with E-state index < -0.39 is 5.97 Å². The summed E-state index contributed by atoms with van der Waals surface area (Å²) in [6.07, 6.45) is 5.02. The molecule has 0 aromatic carbocycles. The number of aromatic nitrogens is 6. The van der Waals surface area contributed by atoms with Gasteiger partial charge in [0.25, 0.3) is 0 Å². The van der Waals surface area contributed by atoms with Crippen LogP contribution < -0.4 is 15.4 Å². The van der Waals surface area contributed by atoms with Crippen LogP contribution in [-0.2, 0) is 7.05 Å². The van der Waals surface area contributed by atoms with Gasteiger partial charge in [-0.05, 0) is 36.4 Å². The molecule has 11 nitrogen and oxygen atoms in total. The van der Waals surface area contributed by atoms with Crippen molar-refractivity contribution < 1.29 is 14.6 Å². The summed E-state index contributed by atoms with van der Waals surface area (Å²) in [4.78, 5) is 25.3. The van der Waals surface area contributed by atoms with Gasteiger partial charge < -0.3 is 20.5 Å². The van der Waals surface area contributed by atoms with Gasteiger partial charge in [-0.25, -0.2) is 24.4 Å². The second-order valence-electron chi connectivity index (χ2n) is 7.28. The third-order valence-electron chi connectivity index (χ3n) is 5.21. The standard InChI is InChI=1S/C19H21ClN8O3/c1-27-14(9-23-26-27)12-6-15(17(21)22-8-12)31-10-11-2-4-28(5-3-11)16-7-13(18(29)30)24-19(20)25-16/h6-9,11H,2-5,10H2,1H3,(H2,21,22)(H,29,30). The minimum absolute atomic E-state index is 0.0770. The van der Waals surface area contributed by atoms with Gasteiger partial charge in [-0.2, -0.15) is 0 Å². The Morgan fingerprint density at radius 2 is 2.06 bits per heavy atom. The van der Waals surface area contributed by atoms with Gasteiger partial charge in [0, 0.05) is 38.0 Å². The molecule has 0 saturated carbocycles. The Balaban J connectivity index is 1.37. The van der Waals surface area contributed by atoms with Crippen LogP contribution in [0.15, 0.2) is 24.5 Å². The van der Waals surface area contributed by atoms with E-state index in [9.17, 15) is 4.79 Å². The number of carbonyl (C=O) groups is 1. The lowest BCUT2D eigenvalue weighted by Crippen LogP contribution is -2.36. The lowest BCUT2D eigenvalue weighted by atomic mass is 9.98. The van der Waals surface area contributed by atoms with Crippen LogP contribution in [0, 0.1) is 5.92 Å². The third-order valence-corrected chi connectivity index (χ3v) is 5.38. The molecule has 4 heterocycles. The fourth-order valence-corrected chi connectivity index (χ4v) is 3.65. The Morgan fingerprint density at radius 3 is 2.74 bits per heavy atom. The zero-order chi connectivity index (χ0) is 22.0. The third kappa shape index (κ3) is 4.66. The van der Waals surface area contributed by atoms with Crippen molar-refractivity contribution in [3.63, 3.8) is 0 Å². The molecule has 0 radical (unpaired) electrons. The molecule has 0 aliphatic carbocycles. The highest BCUT2D eigenvalue weighted by atomic mass is 35.5. The number of aromatic carboxylic acids is 1.